The van der Waals surface area contributed by atoms with Crippen LogP contribution in [0.25, 0.3) is 0 Å². The highest BCUT2D eigenvalue weighted by Crippen LogP contribution is 2.35. The Morgan fingerprint density at radius 1 is 0.931 bits per heavy atom. The average molecular weight is 394 g/mol. The molecule has 2 aliphatic rings. The van der Waals surface area contributed by atoms with E-state index in [1.54, 1.807) is 7.11 Å². The number of carbonyl (C=O) groups excluding carboxylic acids is 2. The third kappa shape index (κ3) is 4.12. The number of likely N-dealkylation sites (tertiary alicyclic amines) is 1. The molecular weight excluding hydrogens is 368 g/mol. The summed E-state index contributed by atoms with van der Waals surface area (Å²) in [4.78, 5) is 30.0. The van der Waals surface area contributed by atoms with E-state index in [4.69, 9.17) is 9.47 Å². The van der Waals surface area contributed by atoms with Gasteiger partial charge < -0.3 is 19.3 Å². The van der Waals surface area contributed by atoms with Gasteiger partial charge in [-0.2, -0.15) is 0 Å². The number of benzene rings is 2. The van der Waals surface area contributed by atoms with Crippen molar-refractivity contribution < 1.29 is 19.1 Å². The topological polar surface area (TPSA) is 59.1 Å². The van der Waals surface area contributed by atoms with Crippen molar-refractivity contribution >= 4 is 11.8 Å². The Hall–Kier alpha value is -2.86. The summed E-state index contributed by atoms with van der Waals surface area (Å²) >= 11 is 0. The minimum absolute atomic E-state index is 0.0265. The molecule has 2 aliphatic heterocycles. The van der Waals surface area contributed by atoms with Gasteiger partial charge in [0, 0.05) is 37.7 Å². The van der Waals surface area contributed by atoms with Crippen LogP contribution in [0.1, 0.15) is 21.8 Å². The first kappa shape index (κ1) is 19.5. The summed E-state index contributed by atoms with van der Waals surface area (Å²) in [5.41, 5.74) is 1.71. The van der Waals surface area contributed by atoms with Crippen molar-refractivity contribution in [3.63, 3.8) is 0 Å². The SMILES string of the molecule is COc1ccc([C@@H]2CN(C(=O)c3ccccc3)C[C@H]2C(=O)N2CCOCC2)cc1. The summed E-state index contributed by atoms with van der Waals surface area (Å²) in [6.45, 7) is 3.31. The van der Waals surface area contributed by atoms with E-state index < -0.39 is 0 Å². The quantitative estimate of drug-likeness (QED) is 0.799. The Kier molecular flexibility index (Phi) is 5.81. The van der Waals surface area contributed by atoms with E-state index in [0.717, 1.165) is 11.3 Å². The Morgan fingerprint density at radius 3 is 2.28 bits per heavy atom. The van der Waals surface area contributed by atoms with Crippen LogP contribution in [-0.4, -0.2) is 68.1 Å². The zero-order valence-electron chi connectivity index (χ0n) is 16.6. The van der Waals surface area contributed by atoms with Crippen molar-refractivity contribution in [2.75, 3.05) is 46.5 Å². The summed E-state index contributed by atoms with van der Waals surface area (Å²) in [5.74, 6) is 0.567. The van der Waals surface area contributed by atoms with Gasteiger partial charge in [0.05, 0.1) is 26.2 Å². The lowest BCUT2D eigenvalue weighted by Crippen LogP contribution is -2.45. The smallest absolute Gasteiger partial charge is 0.253 e. The molecule has 0 saturated carbocycles. The lowest BCUT2D eigenvalue weighted by atomic mass is 9.88. The number of methoxy groups -OCH3 is 1. The van der Waals surface area contributed by atoms with Crippen LogP contribution in [0.2, 0.25) is 0 Å². The van der Waals surface area contributed by atoms with Crippen LogP contribution in [0.3, 0.4) is 0 Å². The summed E-state index contributed by atoms with van der Waals surface area (Å²) in [7, 11) is 1.63. The molecule has 2 heterocycles. The normalized spacial score (nSPS) is 21.8. The second-order valence-electron chi connectivity index (χ2n) is 7.50. The Balaban J connectivity index is 1.59. The van der Waals surface area contributed by atoms with E-state index >= 15 is 0 Å². The van der Waals surface area contributed by atoms with Gasteiger partial charge in [-0.15, -0.1) is 0 Å². The number of morpholine rings is 1. The van der Waals surface area contributed by atoms with Crippen molar-refractivity contribution in [2.45, 2.75) is 5.92 Å². The summed E-state index contributed by atoms with van der Waals surface area (Å²) in [6, 6.07) is 17.1. The van der Waals surface area contributed by atoms with E-state index in [-0.39, 0.29) is 23.7 Å². The highest BCUT2D eigenvalue weighted by Gasteiger charge is 2.42. The molecule has 4 rings (SSSR count). The van der Waals surface area contributed by atoms with E-state index in [9.17, 15) is 9.59 Å². The van der Waals surface area contributed by atoms with Crippen LogP contribution >= 0.6 is 0 Å². The summed E-state index contributed by atoms with van der Waals surface area (Å²) in [5, 5.41) is 0. The van der Waals surface area contributed by atoms with Gasteiger partial charge in [-0.1, -0.05) is 30.3 Å². The predicted molar refractivity (Wildman–Crippen MR) is 109 cm³/mol. The average Bonchev–Trinajstić information content (AvgIpc) is 3.24. The van der Waals surface area contributed by atoms with Crippen molar-refractivity contribution in [2.24, 2.45) is 5.92 Å². The molecule has 2 fully saturated rings. The van der Waals surface area contributed by atoms with Crippen molar-refractivity contribution in [1.82, 2.24) is 9.80 Å². The molecular formula is C23H26N2O4. The minimum Gasteiger partial charge on any atom is -0.497 e. The standard InChI is InChI=1S/C23H26N2O4/c1-28-19-9-7-17(8-10-19)20-15-25(22(26)18-5-3-2-4-6-18)16-21(20)23(27)24-11-13-29-14-12-24/h2-10,20-21H,11-16H2,1H3/t20-,21+/m0/s1. The molecule has 0 spiro atoms. The van der Waals surface area contributed by atoms with Crippen molar-refractivity contribution in [3.8, 4) is 5.75 Å². The van der Waals surface area contributed by atoms with E-state index in [2.05, 4.69) is 0 Å². The molecule has 2 atom stereocenters. The van der Waals surface area contributed by atoms with E-state index in [0.29, 0.717) is 45.0 Å². The van der Waals surface area contributed by atoms with Gasteiger partial charge in [-0.25, -0.2) is 0 Å². The number of ether oxygens (including phenoxy) is 2. The van der Waals surface area contributed by atoms with E-state index in [1.807, 2.05) is 64.4 Å². The molecule has 2 amide bonds. The lowest BCUT2D eigenvalue weighted by Gasteiger charge is -2.30. The van der Waals surface area contributed by atoms with Crippen LogP contribution < -0.4 is 4.74 Å². The molecule has 0 unspecified atom stereocenters. The molecule has 152 valence electrons. The van der Waals surface area contributed by atoms with Gasteiger partial charge in [0.15, 0.2) is 0 Å². The van der Waals surface area contributed by atoms with E-state index in [1.165, 1.54) is 0 Å². The fraction of sp³-hybridized carbons (Fsp3) is 0.391. The van der Waals surface area contributed by atoms with Gasteiger partial charge >= 0.3 is 0 Å². The zero-order valence-corrected chi connectivity index (χ0v) is 16.6. The molecule has 0 radical (unpaired) electrons. The molecule has 6 nitrogen and oxygen atoms in total. The molecule has 6 heteroatoms. The van der Waals surface area contributed by atoms with Crippen LogP contribution in [-0.2, 0) is 9.53 Å². The second-order valence-corrected chi connectivity index (χ2v) is 7.50. The lowest BCUT2D eigenvalue weighted by molar-refractivity contribution is -0.139. The molecule has 2 aromatic carbocycles. The largest absolute Gasteiger partial charge is 0.497 e. The predicted octanol–water partition coefficient (Wildman–Crippen LogP) is 2.41. The molecule has 2 saturated heterocycles. The fourth-order valence-corrected chi connectivity index (χ4v) is 4.19. The van der Waals surface area contributed by atoms with Gasteiger partial charge in [-0.3, -0.25) is 9.59 Å². The molecule has 0 aromatic heterocycles. The van der Waals surface area contributed by atoms with Gasteiger partial charge in [0.1, 0.15) is 5.75 Å². The van der Waals surface area contributed by atoms with Crippen molar-refractivity contribution in [1.29, 1.82) is 0 Å². The molecule has 0 aliphatic carbocycles. The maximum Gasteiger partial charge on any atom is 0.253 e. The fourth-order valence-electron chi connectivity index (χ4n) is 4.19. The number of hydrogen-bond donors (Lipinski definition) is 0. The van der Waals surface area contributed by atoms with Gasteiger partial charge in [0.25, 0.3) is 5.91 Å². The first-order valence-corrected chi connectivity index (χ1v) is 10.0. The molecule has 0 N–H and O–H groups in total. The Morgan fingerprint density at radius 2 is 1.62 bits per heavy atom. The first-order valence-electron chi connectivity index (χ1n) is 10.0. The maximum atomic E-state index is 13.3. The van der Waals surface area contributed by atoms with Crippen LogP contribution in [0.15, 0.2) is 54.6 Å². The van der Waals surface area contributed by atoms with Crippen LogP contribution in [0.5, 0.6) is 5.75 Å². The third-order valence-corrected chi connectivity index (χ3v) is 5.81. The maximum absolute atomic E-state index is 13.3. The second kappa shape index (κ2) is 8.66. The molecule has 2 aromatic rings. The van der Waals surface area contributed by atoms with Crippen molar-refractivity contribution in [3.05, 3.63) is 65.7 Å². The first-order chi connectivity index (χ1) is 14.2. The summed E-state index contributed by atoms with van der Waals surface area (Å²) < 4.78 is 10.7. The number of hydrogen-bond acceptors (Lipinski definition) is 4. The molecule has 0 bridgehead atoms. The minimum atomic E-state index is -0.255. The number of amides is 2. The summed E-state index contributed by atoms with van der Waals surface area (Å²) in [6.07, 6.45) is 0. The van der Waals surface area contributed by atoms with Gasteiger partial charge in [0.2, 0.25) is 5.91 Å². The van der Waals surface area contributed by atoms with Crippen LogP contribution in [0.4, 0.5) is 0 Å². The van der Waals surface area contributed by atoms with Crippen LogP contribution in [0, 0.1) is 5.92 Å². The monoisotopic (exact) mass is 394 g/mol. The zero-order chi connectivity index (χ0) is 20.2. The van der Waals surface area contributed by atoms with Gasteiger partial charge in [-0.05, 0) is 29.8 Å². The number of rotatable bonds is 4. The third-order valence-electron chi connectivity index (χ3n) is 5.81. The Labute approximate surface area is 171 Å². The number of carbonyl (C=O) groups is 2. The molecule has 29 heavy (non-hydrogen) atoms. The highest BCUT2D eigenvalue weighted by atomic mass is 16.5. The number of nitrogens with zero attached hydrogens (tertiary/aromatic N) is 2. The Bertz CT molecular complexity index is 847. The highest BCUT2D eigenvalue weighted by molar-refractivity contribution is 5.95.